The molecule has 4 nitrogen and oxygen atoms in total. The Labute approximate surface area is 122 Å². The van der Waals surface area contributed by atoms with Gasteiger partial charge in [0.1, 0.15) is 11.6 Å². The Hall–Kier alpha value is -1.60. The lowest BCUT2D eigenvalue weighted by Crippen LogP contribution is -2.40. The minimum Gasteiger partial charge on any atom is -0.383 e. The van der Waals surface area contributed by atoms with Crippen LogP contribution in [0.1, 0.15) is 19.4 Å². The number of hydrogen-bond acceptors (Lipinski definition) is 3. The summed E-state index contributed by atoms with van der Waals surface area (Å²) in [5, 5.41) is 7.14. The molecule has 1 aromatic rings. The highest BCUT2D eigenvalue weighted by molar-refractivity contribution is 7.80. The van der Waals surface area contributed by atoms with E-state index in [0.717, 1.165) is 18.2 Å². The van der Waals surface area contributed by atoms with E-state index in [2.05, 4.69) is 15.8 Å². The van der Waals surface area contributed by atoms with Crippen molar-refractivity contribution in [3.8, 4) is 0 Å². The van der Waals surface area contributed by atoms with E-state index < -0.39 is 11.6 Å². The van der Waals surface area contributed by atoms with Crippen molar-refractivity contribution < 1.29 is 13.5 Å². The van der Waals surface area contributed by atoms with E-state index in [-0.39, 0.29) is 16.7 Å². The molecule has 0 heterocycles. The molecule has 0 saturated heterocycles. The molecule has 0 saturated carbocycles. The van der Waals surface area contributed by atoms with Gasteiger partial charge in [-0.05, 0) is 44.3 Å². The van der Waals surface area contributed by atoms with Crippen LogP contribution in [0.2, 0.25) is 0 Å². The summed E-state index contributed by atoms with van der Waals surface area (Å²) in [5.74, 6) is -1.06. The van der Waals surface area contributed by atoms with Crippen LogP contribution in [0.5, 0.6) is 0 Å². The van der Waals surface area contributed by atoms with Crippen molar-refractivity contribution in [3.63, 3.8) is 0 Å². The number of thiocarbonyl (C=S) groups is 1. The summed E-state index contributed by atoms with van der Waals surface area (Å²) in [6, 6.07) is 3.21. The third kappa shape index (κ3) is 5.18. The number of hydrazone groups is 1. The van der Waals surface area contributed by atoms with Crippen LogP contribution in [0, 0.1) is 11.6 Å². The molecule has 0 amide bonds. The minimum atomic E-state index is -0.541. The molecular formula is C13H17F2N3OS. The zero-order chi connectivity index (χ0) is 15.1. The maximum Gasteiger partial charge on any atom is 0.187 e. The highest BCUT2D eigenvalue weighted by atomic mass is 32.1. The molecule has 0 aromatic heterocycles. The fourth-order valence-corrected chi connectivity index (χ4v) is 1.76. The fourth-order valence-electron chi connectivity index (χ4n) is 1.52. The Kier molecular flexibility index (Phi) is 6.47. The average Bonchev–Trinajstić information content (AvgIpc) is 2.39. The lowest BCUT2D eigenvalue weighted by atomic mass is 10.1. The van der Waals surface area contributed by atoms with Gasteiger partial charge in [-0.3, -0.25) is 5.43 Å². The number of nitrogens with zero attached hydrogens (tertiary/aromatic N) is 1. The Morgan fingerprint density at radius 2 is 2.15 bits per heavy atom. The van der Waals surface area contributed by atoms with E-state index in [1.54, 1.807) is 14.0 Å². The number of rotatable bonds is 5. The predicted octanol–water partition coefficient (Wildman–Crippen LogP) is 2.19. The SMILES string of the molecule is COC[C@@H](C)NC(=S)N/N=C(/C)c1cc(F)ccc1F. The molecule has 7 heteroatoms. The summed E-state index contributed by atoms with van der Waals surface area (Å²) >= 11 is 5.02. The second kappa shape index (κ2) is 7.86. The van der Waals surface area contributed by atoms with Gasteiger partial charge < -0.3 is 10.1 Å². The second-order valence-electron chi connectivity index (χ2n) is 4.26. The molecule has 0 bridgehead atoms. The Morgan fingerprint density at radius 3 is 2.80 bits per heavy atom. The van der Waals surface area contributed by atoms with Crippen LogP contribution in [-0.2, 0) is 4.74 Å². The highest BCUT2D eigenvalue weighted by Gasteiger charge is 2.08. The molecule has 0 aliphatic rings. The van der Waals surface area contributed by atoms with Gasteiger partial charge in [0.15, 0.2) is 5.11 Å². The third-order valence-corrected chi connectivity index (χ3v) is 2.65. The van der Waals surface area contributed by atoms with Gasteiger partial charge in [0.25, 0.3) is 0 Å². The molecule has 1 atom stereocenters. The maximum absolute atomic E-state index is 13.5. The van der Waals surface area contributed by atoms with Gasteiger partial charge >= 0.3 is 0 Å². The van der Waals surface area contributed by atoms with Crippen LogP contribution in [0.25, 0.3) is 0 Å². The van der Waals surface area contributed by atoms with Crippen LogP contribution in [-0.4, -0.2) is 30.6 Å². The van der Waals surface area contributed by atoms with E-state index in [4.69, 9.17) is 17.0 Å². The highest BCUT2D eigenvalue weighted by Crippen LogP contribution is 2.10. The van der Waals surface area contributed by atoms with Crippen LogP contribution in [0.15, 0.2) is 23.3 Å². The summed E-state index contributed by atoms with van der Waals surface area (Å²) in [5.41, 5.74) is 2.97. The Morgan fingerprint density at radius 1 is 1.45 bits per heavy atom. The van der Waals surface area contributed by atoms with Crippen LogP contribution >= 0.6 is 12.2 Å². The maximum atomic E-state index is 13.5. The standard InChI is InChI=1S/C13H17F2N3OS/c1-8(7-19-3)16-13(20)18-17-9(2)11-6-10(14)4-5-12(11)15/h4-6,8H,7H2,1-3H3,(H2,16,18,20)/b17-9-/t8-/m1/s1. The van der Waals surface area contributed by atoms with Gasteiger partial charge in [0.05, 0.1) is 12.3 Å². The van der Waals surface area contributed by atoms with Crippen molar-refractivity contribution in [3.05, 3.63) is 35.4 Å². The molecule has 0 spiro atoms. The van der Waals surface area contributed by atoms with Gasteiger partial charge in [-0.2, -0.15) is 5.10 Å². The normalized spacial score (nSPS) is 12.9. The first kappa shape index (κ1) is 16.5. The van der Waals surface area contributed by atoms with Gasteiger partial charge in [-0.1, -0.05) is 0 Å². The zero-order valence-corrected chi connectivity index (χ0v) is 12.4. The van der Waals surface area contributed by atoms with Crippen molar-refractivity contribution >= 4 is 23.0 Å². The molecule has 2 N–H and O–H groups in total. The quantitative estimate of drug-likeness (QED) is 0.497. The average molecular weight is 301 g/mol. The topological polar surface area (TPSA) is 45.6 Å². The Balaban J connectivity index is 2.65. The van der Waals surface area contributed by atoms with E-state index in [9.17, 15) is 8.78 Å². The molecule has 110 valence electrons. The first-order valence-corrected chi connectivity index (χ1v) is 6.40. The van der Waals surface area contributed by atoms with E-state index in [1.165, 1.54) is 0 Å². The molecule has 1 aromatic carbocycles. The molecule has 0 aliphatic carbocycles. The monoisotopic (exact) mass is 301 g/mol. The van der Waals surface area contributed by atoms with E-state index in [0.29, 0.717) is 12.3 Å². The van der Waals surface area contributed by atoms with Crippen molar-refractivity contribution in [1.82, 2.24) is 10.7 Å². The molecule has 20 heavy (non-hydrogen) atoms. The smallest absolute Gasteiger partial charge is 0.187 e. The summed E-state index contributed by atoms with van der Waals surface area (Å²) in [7, 11) is 1.59. The first-order valence-electron chi connectivity index (χ1n) is 5.99. The van der Waals surface area contributed by atoms with Crippen LogP contribution in [0.3, 0.4) is 0 Å². The molecule has 0 unspecified atom stereocenters. The van der Waals surface area contributed by atoms with Crippen LogP contribution < -0.4 is 10.7 Å². The van der Waals surface area contributed by atoms with Crippen molar-refractivity contribution in [1.29, 1.82) is 0 Å². The predicted molar refractivity (Wildman–Crippen MR) is 78.8 cm³/mol. The molecule has 0 fully saturated rings. The number of halogens is 2. The van der Waals surface area contributed by atoms with Crippen LogP contribution in [0.4, 0.5) is 8.78 Å². The summed E-state index contributed by atoms with van der Waals surface area (Å²) in [4.78, 5) is 0. The first-order chi connectivity index (χ1) is 9.43. The number of ether oxygens (including phenoxy) is 1. The summed E-state index contributed by atoms with van der Waals surface area (Å²) in [6.07, 6.45) is 0. The molecular weight excluding hydrogens is 284 g/mol. The van der Waals surface area contributed by atoms with E-state index >= 15 is 0 Å². The van der Waals surface area contributed by atoms with Gasteiger partial charge in [-0.15, -0.1) is 0 Å². The third-order valence-electron chi connectivity index (χ3n) is 2.44. The second-order valence-corrected chi connectivity index (χ2v) is 4.67. The number of hydrogen-bond donors (Lipinski definition) is 2. The number of nitrogens with one attached hydrogen (secondary N) is 2. The number of methoxy groups -OCH3 is 1. The molecule has 0 aliphatic heterocycles. The van der Waals surface area contributed by atoms with E-state index in [1.807, 2.05) is 6.92 Å². The largest absolute Gasteiger partial charge is 0.383 e. The number of benzene rings is 1. The van der Waals surface area contributed by atoms with Crippen molar-refractivity contribution in [2.45, 2.75) is 19.9 Å². The fraction of sp³-hybridized carbons (Fsp3) is 0.385. The van der Waals surface area contributed by atoms with Gasteiger partial charge in [0, 0.05) is 18.7 Å². The lowest BCUT2D eigenvalue weighted by molar-refractivity contribution is 0.179. The summed E-state index contributed by atoms with van der Waals surface area (Å²) in [6.45, 7) is 3.94. The minimum absolute atomic E-state index is 0.0152. The molecule has 0 radical (unpaired) electrons. The lowest BCUT2D eigenvalue weighted by Gasteiger charge is -2.14. The van der Waals surface area contributed by atoms with Crippen molar-refractivity contribution in [2.75, 3.05) is 13.7 Å². The Bertz CT molecular complexity index is 508. The summed E-state index contributed by atoms with van der Waals surface area (Å²) < 4.78 is 31.5. The van der Waals surface area contributed by atoms with Crippen molar-refractivity contribution in [2.24, 2.45) is 5.10 Å². The van der Waals surface area contributed by atoms with Gasteiger partial charge in [-0.25, -0.2) is 8.78 Å². The zero-order valence-electron chi connectivity index (χ0n) is 11.5. The molecule has 1 rings (SSSR count). The van der Waals surface area contributed by atoms with Gasteiger partial charge in [0.2, 0.25) is 0 Å².